The van der Waals surface area contributed by atoms with E-state index in [4.69, 9.17) is 5.11 Å². The molecule has 0 atom stereocenters. The Morgan fingerprint density at radius 3 is 2.29 bits per heavy atom. The number of rotatable bonds is 7. The van der Waals surface area contributed by atoms with Crippen molar-refractivity contribution in [3.05, 3.63) is 29.8 Å². The number of carboxylic acids is 1. The highest BCUT2D eigenvalue weighted by atomic mass is 32.2. The average Bonchev–Trinajstić information content (AvgIpc) is 3.21. The minimum Gasteiger partial charge on any atom is -0.480 e. The summed E-state index contributed by atoms with van der Waals surface area (Å²) in [6, 6.07) is 6.69. The summed E-state index contributed by atoms with van der Waals surface area (Å²) < 4.78 is 26.2. The van der Waals surface area contributed by atoms with E-state index in [9.17, 15) is 13.2 Å². The predicted octanol–water partition coefficient (Wildman–Crippen LogP) is 2.30. The van der Waals surface area contributed by atoms with E-state index in [-0.39, 0.29) is 4.90 Å². The van der Waals surface area contributed by atoms with Crippen LogP contribution in [0.1, 0.15) is 38.2 Å². The molecule has 0 heterocycles. The molecule has 1 fully saturated rings. The van der Waals surface area contributed by atoms with Gasteiger partial charge in [-0.25, -0.2) is 8.42 Å². The zero-order chi connectivity index (χ0) is 15.6. The van der Waals surface area contributed by atoms with Gasteiger partial charge in [0.25, 0.3) is 0 Å². The number of nitrogens with zero attached hydrogens (tertiary/aromatic N) is 1. The molecule has 0 aromatic heterocycles. The molecule has 1 aromatic rings. The molecule has 0 radical (unpaired) electrons. The van der Waals surface area contributed by atoms with Crippen LogP contribution in [0, 0.1) is 5.92 Å². The van der Waals surface area contributed by atoms with Crippen LogP contribution in [0.2, 0.25) is 0 Å². The van der Waals surface area contributed by atoms with Gasteiger partial charge in [-0.15, -0.1) is 0 Å². The minimum absolute atomic E-state index is 0.161. The number of carboxylic acid groups (broad SMARTS) is 1. The Balaban J connectivity index is 2.25. The average molecular weight is 311 g/mol. The molecule has 1 aromatic carbocycles. The van der Waals surface area contributed by atoms with Crippen LogP contribution in [0.15, 0.2) is 29.2 Å². The molecule has 0 aliphatic heterocycles. The second-order valence-corrected chi connectivity index (χ2v) is 7.80. The van der Waals surface area contributed by atoms with Gasteiger partial charge in [-0.3, -0.25) is 4.79 Å². The molecular formula is C15H21NO4S. The first-order chi connectivity index (χ1) is 9.80. The predicted molar refractivity (Wildman–Crippen MR) is 79.6 cm³/mol. The lowest BCUT2D eigenvalue weighted by Crippen LogP contribution is -2.37. The number of hydrogen-bond acceptors (Lipinski definition) is 3. The summed E-state index contributed by atoms with van der Waals surface area (Å²) in [5.41, 5.74) is 1.06. The molecule has 0 bridgehead atoms. The van der Waals surface area contributed by atoms with Gasteiger partial charge in [-0.2, -0.15) is 4.31 Å². The monoisotopic (exact) mass is 311 g/mol. The summed E-state index contributed by atoms with van der Waals surface area (Å²) in [6.45, 7) is 3.88. The number of sulfonamides is 1. The third kappa shape index (κ3) is 4.04. The quantitative estimate of drug-likeness (QED) is 0.838. The van der Waals surface area contributed by atoms with Crippen LogP contribution < -0.4 is 0 Å². The first-order valence-corrected chi connectivity index (χ1v) is 8.56. The molecular weight excluding hydrogens is 290 g/mol. The van der Waals surface area contributed by atoms with Gasteiger partial charge < -0.3 is 5.11 Å². The van der Waals surface area contributed by atoms with Crippen LogP contribution >= 0.6 is 0 Å². The molecule has 0 saturated heterocycles. The molecule has 1 saturated carbocycles. The number of benzene rings is 1. The second kappa shape index (κ2) is 6.15. The maximum Gasteiger partial charge on any atom is 0.318 e. The van der Waals surface area contributed by atoms with Crippen molar-refractivity contribution < 1.29 is 18.3 Å². The van der Waals surface area contributed by atoms with Gasteiger partial charge in [0.2, 0.25) is 10.0 Å². The molecule has 1 N–H and O–H groups in total. The van der Waals surface area contributed by atoms with Gasteiger partial charge in [0.05, 0.1) is 4.90 Å². The van der Waals surface area contributed by atoms with Crippen LogP contribution in [0.25, 0.3) is 0 Å². The summed E-state index contributed by atoms with van der Waals surface area (Å²) >= 11 is 0. The Hall–Kier alpha value is -1.40. The third-order valence-corrected chi connectivity index (χ3v) is 5.48. The van der Waals surface area contributed by atoms with Crippen molar-refractivity contribution in [1.82, 2.24) is 4.31 Å². The van der Waals surface area contributed by atoms with E-state index in [0.717, 1.165) is 22.7 Å². The molecule has 0 spiro atoms. The maximum absolute atomic E-state index is 12.6. The van der Waals surface area contributed by atoms with E-state index in [1.54, 1.807) is 24.3 Å². The summed E-state index contributed by atoms with van der Waals surface area (Å²) in [4.78, 5) is 11.1. The zero-order valence-electron chi connectivity index (χ0n) is 12.3. The molecule has 2 rings (SSSR count). The first kappa shape index (κ1) is 16.0. The van der Waals surface area contributed by atoms with E-state index in [2.05, 4.69) is 0 Å². The Bertz CT molecular complexity index is 603. The highest BCUT2D eigenvalue weighted by molar-refractivity contribution is 7.89. The smallest absolute Gasteiger partial charge is 0.318 e. The fraction of sp³-hybridized carbons (Fsp3) is 0.533. The van der Waals surface area contributed by atoms with Crippen molar-refractivity contribution in [2.75, 3.05) is 13.1 Å². The van der Waals surface area contributed by atoms with Crippen molar-refractivity contribution in [2.24, 2.45) is 5.92 Å². The van der Waals surface area contributed by atoms with Gasteiger partial charge in [-0.05, 0) is 42.4 Å². The van der Waals surface area contributed by atoms with Crippen molar-refractivity contribution in [3.63, 3.8) is 0 Å². The highest BCUT2D eigenvalue weighted by Gasteiger charge is 2.32. The Kier molecular flexibility index (Phi) is 4.68. The summed E-state index contributed by atoms with van der Waals surface area (Å²) in [5.74, 6) is -0.504. The first-order valence-electron chi connectivity index (χ1n) is 7.12. The lowest BCUT2D eigenvalue weighted by atomic mass is 10.0. The number of carbonyl (C=O) groups is 1. The molecule has 1 aliphatic rings. The molecule has 21 heavy (non-hydrogen) atoms. The summed E-state index contributed by atoms with van der Waals surface area (Å²) in [7, 11) is -3.74. The fourth-order valence-electron chi connectivity index (χ4n) is 2.16. The van der Waals surface area contributed by atoms with E-state index in [1.807, 2.05) is 13.8 Å². The third-order valence-electron chi connectivity index (χ3n) is 3.65. The standard InChI is InChI=1S/C15H21NO4S/c1-11(2)13-5-7-14(8-6-13)21(19,20)16(10-15(17)18)9-12-3-4-12/h5-8,11-12H,3-4,9-10H2,1-2H3,(H,17,18). The maximum atomic E-state index is 12.6. The summed E-state index contributed by atoms with van der Waals surface area (Å²) in [5, 5.41) is 8.94. The normalized spacial score (nSPS) is 15.6. The van der Waals surface area contributed by atoms with Crippen LogP contribution in [0.3, 0.4) is 0 Å². The molecule has 0 amide bonds. The Morgan fingerprint density at radius 1 is 1.29 bits per heavy atom. The minimum atomic E-state index is -3.74. The largest absolute Gasteiger partial charge is 0.480 e. The molecule has 6 heteroatoms. The fourth-order valence-corrected chi connectivity index (χ4v) is 3.63. The molecule has 1 aliphatic carbocycles. The van der Waals surface area contributed by atoms with Crippen molar-refractivity contribution >= 4 is 16.0 Å². The lowest BCUT2D eigenvalue weighted by Gasteiger charge is -2.20. The highest BCUT2D eigenvalue weighted by Crippen LogP contribution is 2.31. The zero-order valence-corrected chi connectivity index (χ0v) is 13.1. The van der Waals surface area contributed by atoms with Gasteiger partial charge in [0.15, 0.2) is 0 Å². The summed E-state index contributed by atoms with van der Waals surface area (Å²) in [6.07, 6.45) is 1.94. The van der Waals surface area contributed by atoms with Gasteiger partial charge in [0.1, 0.15) is 6.54 Å². The SMILES string of the molecule is CC(C)c1ccc(S(=O)(=O)N(CC(=O)O)CC2CC2)cc1. The van der Waals surface area contributed by atoms with E-state index in [0.29, 0.717) is 18.4 Å². The van der Waals surface area contributed by atoms with Crippen LogP contribution in [0.5, 0.6) is 0 Å². The van der Waals surface area contributed by atoms with Crippen LogP contribution in [-0.4, -0.2) is 36.9 Å². The number of hydrogen-bond donors (Lipinski definition) is 1. The van der Waals surface area contributed by atoms with E-state index >= 15 is 0 Å². The van der Waals surface area contributed by atoms with Gasteiger partial charge >= 0.3 is 5.97 Å². The van der Waals surface area contributed by atoms with Crippen LogP contribution in [0.4, 0.5) is 0 Å². The molecule has 0 unspecified atom stereocenters. The topological polar surface area (TPSA) is 74.7 Å². The lowest BCUT2D eigenvalue weighted by molar-refractivity contribution is -0.137. The molecule has 5 nitrogen and oxygen atoms in total. The second-order valence-electron chi connectivity index (χ2n) is 5.86. The van der Waals surface area contributed by atoms with Gasteiger partial charge in [0, 0.05) is 6.54 Å². The van der Waals surface area contributed by atoms with Crippen molar-refractivity contribution in [2.45, 2.75) is 37.5 Å². The van der Waals surface area contributed by atoms with E-state index < -0.39 is 22.5 Å². The van der Waals surface area contributed by atoms with Crippen LogP contribution in [-0.2, 0) is 14.8 Å². The number of aliphatic carboxylic acids is 1. The Morgan fingerprint density at radius 2 is 1.86 bits per heavy atom. The molecule has 116 valence electrons. The van der Waals surface area contributed by atoms with E-state index in [1.165, 1.54) is 0 Å². The van der Waals surface area contributed by atoms with Crippen molar-refractivity contribution in [3.8, 4) is 0 Å². The Labute approximate surface area is 125 Å². The van der Waals surface area contributed by atoms with Crippen molar-refractivity contribution in [1.29, 1.82) is 0 Å². The van der Waals surface area contributed by atoms with Gasteiger partial charge in [-0.1, -0.05) is 26.0 Å².